The molecular weight excluding hydrogens is 442 g/mol. The van der Waals surface area contributed by atoms with Crippen LogP contribution in [0.15, 0.2) is 84.2 Å². The van der Waals surface area contributed by atoms with Crippen molar-refractivity contribution in [3.05, 3.63) is 112 Å². The maximum absolute atomic E-state index is 13.6. The Kier molecular flexibility index (Phi) is 7.24. The molecule has 172 valence electrons. The predicted molar refractivity (Wildman–Crippen MR) is 139 cm³/mol. The maximum Gasteiger partial charge on any atom is 0.341 e. The van der Waals surface area contributed by atoms with Crippen LogP contribution in [0.5, 0.6) is 0 Å². The van der Waals surface area contributed by atoms with E-state index in [9.17, 15) is 9.59 Å². The molecule has 0 unspecified atom stereocenters. The van der Waals surface area contributed by atoms with Crippen molar-refractivity contribution in [3.8, 4) is 11.1 Å². The maximum atomic E-state index is 13.6. The van der Waals surface area contributed by atoms with E-state index in [2.05, 4.69) is 11.4 Å². The van der Waals surface area contributed by atoms with Crippen molar-refractivity contribution in [3.63, 3.8) is 0 Å². The Hall–Kier alpha value is -3.70. The first-order valence-corrected chi connectivity index (χ1v) is 12.1. The standard InChI is InChI=1S/C29H27NO3S/c1-4-33-29(32)26-24(23-16-15-19(2)17-20(23)3)18-34-28(26)30-27(31)25(21-11-7-5-8-12-21)22-13-9-6-10-14-22/h5-18,25H,4H2,1-3H3,(H,30,31). The Morgan fingerprint density at radius 1 is 0.882 bits per heavy atom. The monoisotopic (exact) mass is 469 g/mol. The van der Waals surface area contributed by atoms with Crippen molar-refractivity contribution < 1.29 is 14.3 Å². The number of nitrogens with one attached hydrogen (secondary N) is 1. The molecule has 0 aliphatic heterocycles. The lowest BCUT2D eigenvalue weighted by Crippen LogP contribution is -2.23. The molecule has 4 rings (SSSR count). The molecule has 1 amide bonds. The highest BCUT2D eigenvalue weighted by Crippen LogP contribution is 2.39. The highest BCUT2D eigenvalue weighted by Gasteiger charge is 2.27. The third kappa shape index (κ3) is 4.95. The van der Waals surface area contributed by atoms with E-state index in [1.54, 1.807) is 6.92 Å². The van der Waals surface area contributed by atoms with Gasteiger partial charge < -0.3 is 10.1 Å². The smallest absolute Gasteiger partial charge is 0.341 e. The zero-order valence-electron chi connectivity index (χ0n) is 19.5. The molecule has 0 bridgehead atoms. The van der Waals surface area contributed by atoms with Crippen LogP contribution < -0.4 is 5.32 Å². The molecule has 3 aromatic carbocycles. The largest absolute Gasteiger partial charge is 0.462 e. The van der Waals surface area contributed by atoms with Crippen LogP contribution in [0, 0.1) is 13.8 Å². The first-order valence-electron chi connectivity index (χ1n) is 11.3. The lowest BCUT2D eigenvalue weighted by molar-refractivity contribution is -0.116. The summed E-state index contributed by atoms with van der Waals surface area (Å²) < 4.78 is 5.38. The lowest BCUT2D eigenvalue weighted by atomic mass is 9.90. The minimum Gasteiger partial charge on any atom is -0.462 e. The van der Waals surface area contributed by atoms with Crippen molar-refractivity contribution >= 4 is 28.2 Å². The number of amides is 1. The van der Waals surface area contributed by atoms with Gasteiger partial charge in [0.05, 0.1) is 12.5 Å². The van der Waals surface area contributed by atoms with Gasteiger partial charge in [0.15, 0.2) is 0 Å². The van der Waals surface area contributed by atoms with Crippen molar-refractivity contribution in [2.75, 3.05) is 11.9 Å². The number of ether oxygens (including phenoxy) is 1. The van der Waals surface area contributed by atoms with Crippen molar-refractivity contribution in [1.82, 2.24) is 0 Å². The Bertz CT molecular complexity index is 1260. The van der Waals surface area contributed by atoms with E-state index in [1.165, 1.54) is 11.3 Å². The first-order chi connectivity index (χ1) is 16.5. The van der Waals surface area contributed by atoms with E-state index >= 15 is 0 Å². The van der Waals surface area contributed by atoms with Gasteiger partial charge in [-0.2, -0.15) is 0 Å². The van der Waals surface area contributed by atoms with Gasteiger partial charge in [0, 0.05) is 10.9 Å². The first kappa shape index (κ1) is 23.5. The topological polar surface area (TPSA) is 55.4 Å². The molecule has 34 heavy (non-hydrogen) atoms. The Morgan fingerprint density at radius 2 is 1.50 bits per heavy atom. The highest BCUT2D eigenvalue weighted by molar-refractivity contribution is 7.15. The lowest BCUT2D eigenvalue weighted by Gasteiger charge is -2.18. The summed E-state index contributed by atoms with van der Waals surface area (Å²) >= 11 is 1.34. The number of rotatable bonds is 7. The summed E-state index contributed by atoms with van der Waals surface area (Å²) in [4.78, 5) is 26.7. The SMILES string of the molecule is CCOC(=O)c1c(-c2ccc(C)cc2C)csc1NC(=O)C(c1ccccc1)c1ccccc1. The zero-order valence-corrected chi connectivity index (χ0v) is 20.3. The minimum atomic E-state index is -0.510. The predicted octanol–water partition coefficient (Wildman–Crippen LogP) is 6.98. The summed E-state index contributed by atoms with van der Waals surface area (Å²) in [6, 6.07) is 25.4. The second kappa shape index (κ2) is 10.5. The molecule has 0 saturated carbocycles. The Morgan fingerprint density at radius 3 is 2.06 bits per heavy atom. The number of aryl methyl sites for hydroxylation is 2. The molecule has 0 radical (unpaired) electrons. The molecule has 0 spiro atoms. The summed E-state index contributed by atoms with van der Waals surface area (Å²) in [5.74, 6) is -1.15. The Balaban J connectivity index is 1.76. The van der Waals surface area contributed by atoms with Gasteiger partial charge in [-0.3, -0.25) is 4.79 Å². The zero-order chi connectivity index (χ0) is 24.1. The van der Waals surface area contributed by atoms with Crippen LogP contribution in [0.3, 0.4) is 0 Å². The molecule has 1 N–H and O–H groups in total. The number of hydrogen-bond acceptors (Lipinski definition) is 4. The minimum absolute atomic E-state index is 0.197. The number of carbonyl (C=O) groups is 2. The van der Waals surface area contributed by atoms with E-state index in [4.69, 9.17) is 4.74 Å². The van der Waals surface area contributed by atoms with E-state index in [0.29, 0.717) is 10.6 Å². The van der Waals surface area contributed by atoms with Gasteiger partial charge in [-0.05, 0) is 43.0 Å². The van der Waals surface area contributed by atoms with Crippen LogP contribution >= 0.6 is 11.3 Å². The van der Waals surface area contributed by atoms with Crippen LogP contribution in [0.4, 0.5) is 5.00 Å². The number of thiophene rings is 1. The number of hydrogen-bond donors (Lipinski definition) is 1. The number of esters is 1. The summed E-state index contributed by atoms with van der Waals surface area (Å²) in [7, 11) is 0. The van der Waals surface area contributed by atoms with Gasteiger partial charge in [0.25, 0.3) is 0 Å². The third-order valence-corrected chi connectivity index (χ3v) is 6.60. The fourth-order valence-corrected chi connectivity index (χ4v) is 5.09. The second-order valence-corrected chi connectivity index (χ2v) is 9.02. The fourth-order valence-electron chi connectivity index (χ4n) is 4.14. The van der Waals surface area contributed by atoms with Crippen molar-refractivity contribution in [2.45, 2.75) is 26.7 Å². The number of benzene rings is 3. The van der Waals surface area contributed by atoms with Crippen LogP contribution in [0.1, 0.15) is 45.5 Å². The van der Waals surface area contributed by atoms with Gasteiger partial charge in [0.1, 0.15) is 10.6 Å². The molecule has 5 heteroatoms. The molecule has 0 aliphatic rings. The summed E-state index contributed by atoms with van der Waals surface area (Å²) in [6.07, 6.45) is 0. The van der Waals surface area contributed by atoms with Crippen molar-refractivity contribution in [2.24, 2.45) is 0 Å². The highest BCUT2D eigenvalue weighted by atomic mass is 32.1. The van der Waals surface area contributed by atoms with Crippen LogP contribution in [-0.4, -0.2) is 18.5 Å². The summed E-state index contributed by atoms with van der Waals surface area (Å²) in [6.45, 7) is 6.09. The summed E-state index contributed by atoms with van der Waals surface area (Å²) in [5, 5.41) is 5.46. The molecule has 0 atom stereocenters. The summed E-state index contributed by atoms with van der Waals surface area (Å²) in [5.41, 5.74) is 6.10. The molecule has 0 saturated heterocycles. The van der Waals surface area contributed by atoms with Crippen LogP contribution in [-0.2, 0) is 9.53 Å². The molecule has 0 aliphatic carbocycles. The van der Waals surface area contributed by atoms with Gasteiger partial charge in [-0.1, -0.05) is 84.4 Å². The van der Waals surface area contributed by atoms with E-state index in [1.807, 2.05) is 92.0 Å². The quantitative estimate of drug-likeness (QED) is 0.297. The molecule has 1 heterocycles. The van der Waals surface area contributed by atoms with Gasteiger partial charge in [-0.25, -0.2) is 4.79 Å². The van der Waals surface area contributed by atoms with Gasteiger partial charge in [-0.15, -0.1) is 11.3 Å². The normalized spacial score (nSPS) is 10.8. The Labute approximate surface area is 204 Å². The van der Waals surface area contributed by atoms with E-state index < -0.39 is 11.9 Å². The van der Waals surface area contributed by atoms with E-state index in [0.717, 1.165) is 33.4 Å². The average molecular weight is 470 g/mol. The third-order valence-electron chi connectivity index (χ3n) is 5.71. The van der Waals surface area contributed by atoms with Crippen LogP contribution in [0.25, 0.3) is 11.1 Å². The molecule has 1 aromatic heterocycles. The number of anilines is 1. The second-order valence-electron chi connectivity index (χ2n) is 8.14. The molecule has 4 aromatic rings. The van der Waals surface area contributed by atoms with Gasteiger partial charge in [0.2, 0.25) is 5.91 Å². The van der Waals surface area contributed by atoms with Crippen molar-refractivity contribution in [1.29, 1.82) is 0 Å². The molecule has 0 fully saturated rings. The molecular formula is C29H27NO3S. The number of carbonyl (C=O) groups excluding carboxylic acids is 2. The fraction of sp³-hybridized carbons (Fsp3) is 0.172. The van der Waals surface area contributed by atoms with Crippen LogP contribution in [0.2, 0.25) is 0 Å². The van der Waals surface area contributed by atoms with Gasteiger partial charge >= 0.3 is 5.97 Å². The van der Waals surface area contributed by atoms with E-state index in [-0.39, 0.29) is 12.5 Å². The average Bonchev–Trinajstić information content (AvgIpc) is 3.24. The molecule has 4 nitrogen and oxygen atoms in total.